The fourth-order valence-electron chi connectivity index (χ4n) is 2.63. The van der Waals surface area contributed by atoms with E-state index in [0.717, 1.165) is 11.0 Å². The van der Waals surface area contributed by atoms with Crippen LogP contribution in [0.2, 0.25) is 0 Å². The van der Waals surface area contributed by atoms with Crippen LogP contribution in [0.3, 0.4) is 0 Å². The molecule has 1 aliphatic heterocycles. The van der Waals surface area contributed by atoms with Crippen molar-refractivity contribution < 1.29 is 32.4 Å². The van der Waals surface area contributed by atoms with E-state index in [2.05, 4.69) is 0 Å². The number of hydrogen-bond donors (Lipinski definition) is 0. The summed E-state index contributed by atoms with van der Waals surface area (Å²) in [7, 11) is 0. The number of carbonyl (C=O) groups excluding carboxylic acids is 2. The molecule has 10 heteroatoms. The van der Waals surface area contributed by atoms with E-state index in [1.807, 2.05) is 0 Å². The van der Waals surface area contributed by atoms with Gasteiger partial charge >= 0.3 is 6.18 Å². The number of hydrogen-bond acceptors (Lipinski definition) is 5. The largest absolute Gasteiger partial charge is 0.491 e. The van der Waals surface area contributed by atoms with Crippen LogP contribution >= 0.6 is 0 Å². The fraction of sp³-hybridized carbons (Fsp3) is 0.176. The van der Waals surface area contributed by atoms with Crippen LogP contribution in [0.25, 0.3) is 0 Å². The van der Waals surface area contributed by atoms with Gasteiger partial charge in [0.15, 0.2) is 0 Å². The summed E-state index contributed by atoms with van der Waals surface area (Å²) in [5, 5.41) is 10.8. The van der Waals surface area contributed by atoms with Crippen LogP contribution in [0.15, 0.2) is 42.5 Å². The zero-order valence-corrected chi connectivity index (χ0v) is 13.5. The number of non-ortho nitro benzene ring substituents is 1. The molecule has 0 saturated heterocycles. The third-order valence-electron chi connectivity index (χ3n) is 3.89. The van der Waals surface area contributed by atoms with Gasteiger partial charge in [-0.1, -0.05) is 12.1 Å². The van der Waals surface area contributed by atoms with Crippen LogP contribution in [0.5, 0.6) is 5.75 Å². The van der Waals surface area contributed by atoms with E-state index in [4.69, 9.17) is 4.74 Å². The summed E-state index contributed by atoms with van der Waals surface area (Å²) in [6, 6.07) is 8.06. The number of nitro benzene ring substituents is 1. The molecular formula is C17H11F3N2O5. The second-order valence-electron chi connectivity index (χ2n) is 5.63. The van der Waals surface area contributed by atoms with E-state index in [1.165, 1.54) is 12.1 Å². The standard InChI is InChI=1S/C17H11F3N2O5/c18-17(19,20)10-7-11(22(25)26)9-12(8-10)27-6-5-21-15(23)13-3-1-2-4-14(13)16(21)24/h1-4,7-9H,5-6H2. The van der Waals surface area contributed by atoms with E-state index in [9.17, 15) is 32.9 Å². The number of halogens is 3. The van der Waals surface area contributed by atoms with Crippen molar-refractivity contribution in [1.29, 1.82) is 0 Å². The Morgan fingerprint density at radius 1 is 1.04 bits per heavy atom. The summed E-state index contributed by atoms with van der Waals surface area (Å²) < 4.78 is 43.7. The van der Waals surface area contributed by atoms with E-state index >= 15 is 0 Å². The first-order chi connectivity index (χ1) is 12.7. The topological polar surface area (TPSA) is 89.8 Å². The maximum absolute atomic E-state index is 12.9. The quantitative estimate of drug-likeness (QED) is 0.451. The van der Waals surface area contributed by atoms with Gasteiger partial charge in [-0.3, -0.25) is 24.6 Å². The summed E-state index contributed by atoms with van der Waals surface area (Å²) in [4.78, 5) is 35.1. The Hall–Kier alpha value is -3.43. The Bertz CT molecular complexity index is 907. The normalized spacial score (nSPS) is 13.7. The summed E-state index contributed by atoms with van der Waals surface area (Å²) in [5.41, 5.74) is -1.54. The van der Waals surface area contributed by atoms with Crippen molar-refractivity contribution in [1.82, 2.24) is 4.90 Å². The molecule has 0 unspecified atom stereocenters. The summed E-state index contributed by atoms with van der Waals surface area (Å²) in [6.07, 6.45) is -4.79. The Balaban J connectivity index is 1.73. The molecule has 3 rings (SSSR count). The Morgan fingerprint density at radius 2 is 1.63 bits per heavy atom. The lowest BCUT2D eigenvalue weighted by Gasteiger charge is -2.15. The molecule has 2 aromatic rings. The van der Waals surface area contributed by atoms with Gasteiger partial charge in [0.05, 0.1) is 34.2 Å². The summed E-state index contributed by atoms with van der Waals surface area (Å²) in [6.45, 7) is -0.527. The molecule has 0 fully saturated rings. The lowest BCUT2D eigenvalue weighted by Crippen LogP contribution is -2.33. The maximum Gasteiger partial charge on any atom is 0.416 e. The predicted molar refractivity (Wildman–Crippen MR) is 85.4 cm³/mol. The second-order valence-corrected chi connectivity index (χ2v) is 5.63. The van der Waals surface area contributed by atoms with Crippen molar-refractivity contribution >= 4 is 17.5 Å². The smallest absolute Gasteiger partial charge is 0.416 e. The molecule has 0 radical (unpaired) electrons. The molecule has 140 valence electrons. The van der Waals surface area contributed by atoms with Gasteiger partial charge in [-0.2, -0.15) is 13.2 Å². The highest BCUT2D eigenvalue weighted by molar-refractivity contribution is 6.21. The first-order valence-corrected chi connectivity index (χ1v) is 7.63. The zero-order valence-electron chi connectivity index (χ0n) is 13.5. The fourth-order valence-corrected chi connectivity index (χ4v) is 2.63. The molecule has 0 saturated carbocycles. The van der Waals surface area contributed by atoms with Crippen molar-refractivity contribution in [3.63, 3.8) is 0 Å². The molecule has 0 atom stereocenters. The average Bonchev–Trinajstić information content (AvgIpc) is 2.86. The molecule has 0 aliphatic carbocycles. The minimum absolute atomic E-state index is 0.212. The molecule has 0 bridgehead atoms. The number of imide groups is 1. The van der Waals surface area contributed by atoms with Crippen LogP contribution in [0.1, 0.15) is 26.3 Å². The Morgan fingerprint density at radius 3 is 2.15 bits per heavy atom. The molecule has 7 nitrogen and oxygen atoms in total. The minimum atomic E-state index is -4.79. The Labute approximate surface area is 150 Å². The monoisotopic (exact) mass is 380 g/mol. The number of fused-ring (bicyclic) bond motifs is 1. The van der Waals surface area contributed by atoms with Gasteiger partial charge in [-0.15, -0.1) is 0 Å². The highest BCUT2D eigenvalue weighted by atomic mass is 19.4. The SMILES string of the molecule is O=C1c2ccccc2C(=O)N1CCOc1cc([N+](=O)[O-])cc(C(F)(F)F)c1. The molecule has 1 heterocycles. The van der Waals surface area contributed by atoms with Gasteiger partial charge in [0.2, 0.25) is 0 Å². The molecule has 0 spiro atoms. The highest BCUT2D eigenvalue weighted by Crippen LogP contribution is 2.34. The molecular weight excluding hydrogens is 369 g/mol. The van der Waals surface area contributed by atoms with Gasteiger partial charge in [-0.25, -0.2) is 0 Å². The van der Waals surface area contributed by atoms with Crippen molar-refractivity contribution in [3.8, 4) is 5.75 Å². The van der Waals surface area contributed by atoms with Gasteiger partial charge in [0, 0.05) is 6.07 Å². The molecule has 27 heavy (non-hydrogen) atoms. The number of ether oxygens (including phenoxy) is 1. The molecule has 2 amide bonds. The van der Waals surface area contributed by atoms with E-state index in [0.29, 0.717) is 12.1 Å². The maximum atomic E-state index is 12.9. The van der Waals surface area contributed by atoms with Crippen molar-refractivity contribution in [2.75, 3.05) is 13.2 Å². The number of nitrogens with zero attached hydrogens (tertiary/aromatic N) is 2. The number of amides is 2. The van der Waals surface area contributed by atoms with Crippen molar-refractivity contribution in [2.45, 2.75) is 6.18 Å². The third kappa shape index (κ3) is 3.59. The van der Waals surface area contributed by atoms with Crippen LogP contribution in [0.4, 0.5) is 18.9 Å². The first-order valence-electron chi connectivity index (χ1n) is 7.63. The van der Waals surface area contributed by atoms with E-state index in [-0.39, 0.29) is 30.0 Å². The van der Waals surface area contributed by atoms with Gasteiger partial charge in [0.25, 0.3) is 17.5 Å². The van der Waals surface area contributed by atoms with Crippen LogP contribution in [-0.2, 0) is 6.18 Å². The average molecular weight is 380 g/mol. The first kappa shape index (κ1) is 18.4. The van der Waals surface area contributed by atoms with E-state index < -0.39 is 34.2 Å². The lowest BCUT2D eigenvalue weighted by atomic mass is 10.1. The summed E-state index contributed by atoms with van der Waals surface area (Å²) in [5.74, 6) is -1.45. The molecule has 2 aromatic carbocycles. The number of carbonyl (C=O) groups is 2. The van der Waals surface area contributed by atoms with Gasteiger partial charge < -0.3 is 4.74 Å². The number of nitro groups is 1. The highest BCUT2D eigenvalue weighted by Gasteiger charge is 2.35. The second kappa shape index (κ2) is 6.71. The number of alkyl halides is 3. The van der Waals surface area contributed by atoms with Gasteiger partial charge in [-0.05, 0) is 18.2 Å². The summed E-state index contributed by atoms with van der Waals surface area (Å²) >= 11 is 0. The van der Waals surface area contributed by atoms with Crippen molar-refractivity contribution in [2.24, 2.45) is 0 Å². The third-order valence-corrected chi connectivity index (χ3v) is 3.89. The minimum Gasteiger partial charge on any atom is -0.491 e. The van der Waals surface area contributed by atoms with E-state index in [1.54, 1.807) is 12.1 Å². The van der Waals surface area contributed by atoms with Crippen LogP contribution < -0.4 is 4.74 Å². The molecule has 0 aromatic heterocycles. The predicted octanol–water partition coefficient (Wildman–Crippen LogP) is 3.29. The van der Waals surface area contributed by atoms with Crippen LogP contribution in [0, 0.1) is 10.1 Å². The van der Waals surface area contributed by atoms with Gasteiger partial charge in [0.1, 0.15) is 12.4 Å². The number of benzene rings is 2. The zero-order chi connectivity index (χ0) is 19.8. The molecule has 1 aliphatic rings. The Kier molecular flexibility index (Phi) is 4.56. The van der Waals surface area contributed by atoms with Crippen molar-refractivity contribution in [3.05, 3.63) is 69.3 Å². The van der Waals surface area contributed by atoms with Crippen LogP contribution in [-0.4, -0.2) is 34.8 Å². The molecule has 0 N–H and O–H groups in total. The lowest BCUT2D eigenvalue weighted by molar-refractivity contribution is -0.385. The number of rotatable bonds is 5.